The van der Waals surface area contributed by atoms with Crippen LogP contribution in [0, 0.1) is 0 Å². The summed E-state index contributed by atoms with van der Waals surface area (Å²) >= 11 is 0. The Morgan fingerprint density at radius 1 is 0.606 bits per heavy atom. The van der Waals surface area contributed by atoms with Crippen LogP contribution in [0.15, 0.2) is 48.8 Å². The molecule has 168 valence electrons. The SMILES string of the molecule is COC(=O)c1cc(C(=O)OC)cc(-c2cnc(-c3cc(C(=O)O)cc(C(=O)OC)c3)nc2)c1. The van der Waals surface area contributed by atoms with Gasteiger partial charge in [-0.1, -0.05) is 0 Å². The topological polar surface area (TPSA) is 142 Å². The molecule has 3 rings (SSSR count). The van der Waals surface area contributed by atoms with Crippen LogP contribution in [0.1, 0.15) is 41.4 Å². The van der Waals surface area contributed by atoms with Crippen LogP contribution in [0.4, 0.5) is 0 Å². The molecule has 1 aromatic heterocycles. The Labute approximate surface area is 187 Å². The molecule has 0 aliphatic heterocycles. The monoisotopic (exact) mass is 450 g/mol. The summed E-state index contributed by atoms with van der Waals surface area (Å²) in [7, 11) is 3.63. The number of carbonyl (C=O) groups is 4. The normalized spacial score (nSPS) is 10.3. The smallest absolute Gasteiger partial charge is 0.337 e. The molecule has 0 aliphatic rings. The van der Waals surface area contributed by atoms with Gasteiger partial charge in [-0.15, -0.1) is 0 Å². The largest absolute Gasteiger partial charge is 0.478 e. The van der Waals surface area contributed by atoms with Crippen LogP contribution in [0.5, 0.6) is 0 Å². The number of carbonyl (C=O) groups excluding carboxylic acids is 3. The first kappa shape index (κ1) is 23.1. The zero-order valence-electron chi connectivity index (χ0n) is 17.8. The summed E-state index contributed by atoms with van der Waals surface area (Å²) in [6.07, 6.45) is 2.87. The van der Waals surface area contributed by atoms with Crippen LogP contribution in [-0.2, 0) is 14.2 Å². The molecule has 2 aromatic carbocycles. The van der Waals surface area contributed by atoms with E-state index in [1.54, 1.807) is 0 Å². The number of hydrogen-bond acceptors (Lipinski definition) is 9. The van der Waals surface area contributed by atoms with E-state index in [1.165, 1.54) is 70.1 Å². The van der Waals surface area contributed by atoms with Crippen molar-refractivity contribution in [2.45, 2.75) is 0 Å². The van der Waals surface area contributed by atoms with Crippen LogP contribution in [-0.4, -0.2) is 60.3 Å². The molecule has 3 aromatic rings. The van der Waals surface area contributed by atoms with Gasteiger partial charge in [0.2, 0.25) is 0 Å². The summed E-state index contributed by atoms with van der Waals surface area (Å²) in [5.41, 5.74) is 1.40. The lowest BCUT2D eigenvalue weighted by molar-refractivity contribution is 0.0586. The second-order valence-corrected chi connectivity index (χ2v) is 6.67. The lowest BCUT2D eigenvalue weighted by Gasteiger charge is -2.09. The van der Waals surface area contributed by atoms with E-state index in [1.807, 2.05) is 0 Å². The van der Waals surface area contributed by atoms with Crippen molar-refractivity contribution in [2.75, 3.05) is 21.3 Å². The van der Waals surface area contributed by atoms with Gasteiger partial charge >= 0.3 is 23.9 Å². The van der Waals surface area contributed by atoms with Crippen molar-refractivity contribution < 1.29 is 38.5 Å². The minimum atomic E-state index is -1.23. The van der Waals surface area contributed by atoms with Crippen molar-refractivity contribution in [3.63, 3.8) is 0 Å². The molecule has 0 atom stereocenters. The minimum absolute atomic E-state index is 0.0357. The molecule has 0 unspecified atom stereocenters. The molecule has 33 heavy (non-hydrogen) atoms. The second kappa shape index (κ2) is 9.69. The number of ether oxygens (including phenoxy) is 3. The zero-order valence-corrected chi connectivity index (χ0v) is 17.8. The fourth-order valence-corrected chi connectivity index (χ4v) is 3.01. The molecule has 10 nitrogen and oxygen atoms in total. The van der Waals surface area contributed by atoms with Crippen molar-refractivity contribution in [1.29, 1.82) is 0 Å². The van der Waals surface area contributed by atoms with E-state index >= 15 is 0 Å². The van der Waals surface area contributed by atoms with E-state index in [9.17, 15) is 24.3 Å². The van der Waals surface area contributed by atoms with Gasteiger partial charge in [0.15, 0.2) is 5.82 Å². The third kappa shape index (κ3) is 5.01. The number of carboxylic acids is 1. The molecule has 0 fully saturated rings. The predicted octanol–water partition coefficient (Wildman–Crippen LogP) is 2.87. The van der Waals surface area contributed by atoms with Gasteiger partial charge in [0.25, 0.3) is 0 Å². The third-order valence-corrected chi connectivity index (χ3v) is 4.62. The Morgan fingerprint density at radius 3 is 1.42 bits per heavy atom. The Balaban J connectivity index is 2.06. The zero-order chi connectivity index (χ0) is 24.1. The quantitative estimate of drug-likeness (QED) is 0.440. The van der Waals surface area contributed by atoms with Gasteiger partial charge in [-0.25, -0.2) is 29.1 Å². The predicted molar refractivity (Wildman–Crippen MR) is 114 cm³/mol. The summed E-state index contributed by atoms with van der Waals surface area (Å²) in [6.45, 7) is 0. The van der Waals surface area contributed by atoms with E-state index in [-0.39, 0.29) is 28.1 Å². The number of esters is 3. The maximum atomic E-state index is 12.0. The highest BCUT2D eigenvalue weighted by atomic mass is 16.5. The van der Waals surface area contributed by atoms with Crippen molar-refractivity contribution in [3.8, 4) is 22.5 Å². The van der Waals surface area contributed by atoms with Crippen LogP contribution in [0.3, 0.4) is 0 Å². The number of methoxy groups -OCH3 is 3. The van der Waals surface area contributed by atoms with E-state index in [0.717, 1.165) is 0 Å². The van der Waals surface area contributed by atoms with Crippen LogP contribution < -0.4 is 0 Å². The lowest BCUT2D eigenvalue weighted by atomic mass is 10.0. The van der Waals surface area contributed by atoms with Gasteiger partial charge in [0, 0.05) is 23.5 Å². The highest BCUT2D eigenvalue weighted by molar-refractivity contribution is 5.98. The first-order valence-corrected chi connectivity index (χ1v) is 9.38. The molecule has 0 radical (unpaired) electrons. The fraction of sp³-hybridized carbons (Fsp3) is 0.130. The summed E-state index contributed by atoms with van der Waals surface area (Å²) < 4.78 is 14.1. The molecular formula is C23H18N2O8. The molecule has 0 bridgehead atoms. The van der Waals surface area contributed by atoms with Crippen LogP contribution >= 0.6 is 0 Å². The molecular weight excluding hydrogens is 432 g/mol. The van der Waals surface area contributed by atoms with Gasteiger partial charge in [-0.2, -0.15) is 0 Å². The van der Waals surface area contributed by atoms with Gasteiger partial charge < -0.3 is 19.3 Å². The van der Waals surface area contributed by atoms with Crippen molar-refractivity contribution >= 4 is 23.9 Å². The molecule has 0 saturated heterocycles. The van der Waals surface area contributed by atoms with Gasteiger partial charge in [-0.05, 0) is 42.0 Å². The molecule has 0 amide bonds. The minimum Gasteiger partial charge on any atom is -0.478 e. The van der Waals surface area contributed by atoms with Crippen LogP contribution in [0.25, 0.3) is 22.5 Å². The van der Waals surface area contributed by atoms with Gasteiger partial charge in [0.1, 0.15) is 0 Å². The number of rotatable bonds is 6. The maximum absolute atomic E-state index is 12.0. The molecule has 1 heterocycles. The number of benzene rings is 2. The van der Waals surface area contributed by atoms with Gasteiger partial charge in [0.05, 0.1) is 43.6 Å². The summed E-state index contributed by atoms with van der Waals surface area (Å²) in [4.78, 5) is 55.9. The average Bonchev–Trinajstić information content (AvgIpc) is 2.86. The molecule has 1 N–H and O–H groups in total. The van der Waals surface area contributed by atoms with E-state index in [4.69, 9.17) is 9.47 Å². The van der Waals surface area contributed by atoms with E-state index in [0.29, 0.717) is 16.7 Å². The summed E-state index contributed by atoms with van der Waals surface area (Å²) in [6, 6.07) is 8.31. The Morgan fingerprint density at radius 2 is 1.00 bits per heavy atom. The molecule has 0 spiro atoms. The fourth-order valence-electron chi connectivity index (χ4n) is 3.01. The van der Waals surface area contributed by atoms with Crippen molar-refractivity contribution in [1.82, 2.24) is 9.97 Å². The van der Waals surface area contributed by atoms with Gasteiger partial charge in [-0.3, -0.25) is 0 Å². The Bertz CT molecular complexity index is 1220. The van der Waals surface area contributed by atoms with Crippen molar-refractivity contribution in [2.24, 2.45) is 0 Å². The maximum Gasteiger partial charge on any atom is 0.337 e. The number of aromatic nitrogens is 2. The number of aromatic carboxylic acids is 1. The highest BCUT2D eigenvalue weighted by Crippen LogP contribution is 2.25. The second-order valence-electron chi connectivity index (χ2n) is 6.67. The number of carboxylic acid groups (broad SMARTS) is 1. The molecule has 0 aliphatic carbocycles. The third-order valence-electron chi connectivity index (χ3n) is 4.62. The molecule has 10 heteroatoms. The number of nitrogens with zero attached hydrogens (tertiary/aromatic N) is 2. The summed E-state index contributed by atoms with van der Waals surface area (Å²) in [5.74, 6) is -3.05. The standard InChI is InChI=1S/C23H18N2O8/c1-31-21(28)15-4-12(5-16(9-15)22(29)32-2)18-10-24-19(25-11-18)13-6-14(20(26)27)8-17(7-13)23(30)33-3/h4-11H,1-3H3,(H,26,27). The molecule has 0 saturated carbocycles. The van der Waals surface area contributed by atoms with E-state index in [2.05, 4.69) is 14.7 Å². The lowest BCUT2D eigenvalue weighted by Crippen LogP contribution is -2.07. The highest BCUT2D eigenvalue weighted by Gasteiger charge is 2.17. The Hall–Kier alpha value is -4.60. The van der Waals surface area contributed by atoms with Crippen molar-refractivity contribution in [3.05, 3.63) is 71.0 Å². The first-order valence-electron chi connectivity index (χ1n) is 9.38. The first-order chi connectivity index (χ1) is 15.8. The Kier molecular flexibility index (Phi) is 6.77. The number of hydrogen-bond donors (Lipinski definition) is 1. The summed E-state index contributed by atoms with van der Waals surface area (Å²) in [5, 5.41) is 9.34. The van der Waals surface area contributed by atoms with E-state index < -0.39 is 23.9 Å². The average molecular weight is 450 g/mol. The van der Waals surface area contributed by atoms with Crippen LogP contribution in [0.2, 0.25) is 0 Å².